The smallest absolute Gasteiger partial charge is 0.254 e. The van der Waals surface area contributed by atoms with Crippen molar-refractivity contribution in [2.45, 2.75) is 58.1 Å². The number of hydrogen-bond donors (Lipinski definition) is 2. The molecule has 0 unspecified atom stereocenters. The van der Waals surface area contributed by atoms with Gasteiger partial charge >= 0.3 is 0 Å². The largest absolute Gasteiger partial charge is 0.393 e. The molecule has 0 saturated heterocycles. The average molecular weight is 277 g/mol. The van der Waals surface area contributed by atoms with Gasteiger partial charge in [0.15, 0.2) is 0 Å². The average Bonchev–Trinajstić information content (AvgIpc) is 2.42. The lowest BCUT2D eigenvalue weighted by Crippen LogP contribution is -2.46. The molecule has 1 aromatic heterocycles. The van der Waals surface area contributed by atoms with Gasteiger partial charge in [-0.05, 0) is 31.6 Å². The maximum Gasteiger partial charge on any atom is 0.254 e. The molecule has 2 rings (SSSR count). The Labute approximate surface area is 119 Å². The molecule has 1 saturated carbocycles. The minimum atomic E-state index is -0.193. The summed E-state index contributed by atoms with van der Waals surface area (Å²) in [5.41, 5.74) is 1.39. The molecule has 1 aliphatic rings. The fraction of sp³-hybridized carbons (Fsp3) is 0.667. The summed E-state index contributed by atoms with van der Waals surface area (Å²) in [5.74, 6) is 0.292. The Bertz CT molecular complexity index is 458. The summed E-state index contributed by atoms with van der Waals surface area (Å²) < 4.78 is 0. The van der Waals surface area contributed by atoms with Gasteiger partial charge in [0.25, 0.3) is 5.91 Å². The van der Waals surface area contributed by atoms with E-state index in [0.717, 1.165) is 37.8 Å². The van der Waals surface area contributed by atoms with Crippen LogP contribution in [0.4, 0.5) is 0 Å². The highest BCUT2D eigenvalue weighted by Gasteiger charge is 2.34. The zero-order valence-electron chi connectivity index (χ0n) is 12.2. The second kappa shape index (κ2) is 6.79. The molecule has 1 fully saturated rings. The first-order valence-corrected chi connectivity index (χ1v) is 7.43. The highest BCUT2D eigenvalue weighted by Crippen LogP contribution is 2.31. The number of nitrogens with one attached hydrogen (secondary N) is 1. The number of carbonyl (C=O) groups excluding carboxylic acids is 1. The zero-order valence-corrected chi connectivity index (χ0v) is 12.2. The summed E-state index contributed by atoms with van der Waals surface area (Å²) in [7, 11) is 0. The first-order chi connectivity index (χ1) is 9.65. The van der Waals surface area contributed by atoms with E-state index in [4.69, 9.17) is 0 Å². The number of nitrogens with zero attached hydrogens (tertiary/aromatic N) is 2. The van der Waals surface area contributed by atoms with E-state index < -0.39 is 0 Å². The minimum Gasteiger partial charge on any atom is -0.393 e. The predicted molar refractivity (Wildman–Crippen MR) is 76.3 cm³/mol. The van der Waals surface area contributed by atoms with Gasteiger partial charge in [0.1, 0.15) is 6.33 Å². The summed E-state index contributed by atoms with van der Waals surface area (Å²) in [5, 5.41) is 12.5. The summed E-state index contributed by atoms with van der Waals surface area (Å²) >= 11 is 0. The van der Waals surface area contributed by atoms with Crippen molar-refractivity contribution in [1.29, 1.82) is 0 Å². The van der Waals surface area contributed by atoms with Crippen LogP contribution in [0.25, 0.3) is 0 Å². The molecule has 0 aliphatic heterocycles. The Morgan fingerprint density at radius 3 is 2.85 bits per heavy atom. The van der Waals surface area contributed by atoms with Crippen molar-refractivity contribution in [1.82, 2.24) is 15.3 Å². The standard InChI is InChI=1S/C15H23N3O2/c1-3-5-14-12(8-16-9-17-14)15(20)18-13(4-2)10-6-11(19)7-10/h8-11,13,19H,3-7H2,1-2H3,(H,18,20)/t10?,11?,13-/m1/s1. The van der Waals surface area contributed by atoms with E-state index in [9.17, 15) is 9.90 Å². The third kappa shape index (κ3) is 3.33. The van der Waals surface area contributed by atoms with E-state index in [2.05, 4.69) is 29.1 Å². The summed E-state index contributed by atoms with van der Waals surface area (Å²) in [6, 6.07) is 0.126. The molecule has 1 atom stereocenters. The van der Waals surface area contributed by atoms with Crippen LogP contribution in [0.1, 0.15) is 55.6 Å². The molecule has 2 N–H and O–H groups in total. The molecule has 0 bridgehead atoms. The normalized spacial score (nSPS) is 22.9. The number of aryl methyl sites for hydroxylation is 1. The second-order valence-corrected chi connectivity index (χ2v) is 5.51. The molecule has 20 heavy (non-hydrogen) atoms. The van der Waals surface area contributed by atoms with E-state index >= 15 is 0 Å². The SMILES string of the molecule is CCCc1ncncc1C(=O)N[C@H](CC)C1CC(O)C1. The van der Waals surface area contributed by atoms with Gasteiger partial charge in [0.05, 0.1) is 17.4 Å². The molecular weight excluding hydrogens is 254 g/mol. The zero-order chi connectivity index (χ0) is 14.5. The lowest BCUT2D eigenvalue weighted by atomic mass is 9.76. The van der Waals surface area contributed by atoms with Crippen molar-refractivity contribution in [2.75, 3.05) is 0 Å². The molecule has 5 heteroatoms. The maximum absolute atomic E-state index is 12.4. The summed E-state index contributed by atoms with van der Waals surface area (Å²) in [6.45, 7) is 4.12. The van der Waals surface area contributed by atoms with Gasteiger partial charge in [-0.3, -0.25) is 4.79 Å². The van der Waals surface area contributed by atoms with E-state index in [1.54, 1.807) is 6.20 Å². The van der Waals surface area contributed by atoms with Gasteiger partial charge in [0.2, 0.25) is 0 Å². The van der Waals surface area contributed by atoms with E-state index in [1.165, 1.54) is 6.33 Å². The summed E-state index contributed by atoms with van der Waals surface area (Å²) in [6.07, 6.45) is 7.06. The van der Waals surface area contributed by atoms with E-state index in [0.29, 0.717) is 11.5 Å². The third-order valence-electron chi connectivity index (χ3n) is 4.00. The number of amides is 1. The van der Waals surface area contributed by atoms with Crippen molar-refractivity contribution in [2.24, 2.45) is 5.92 Å². The van der Waals surface area contributed by atoms with Gasteiger partial charge in [-0.15, -0.1) is 0 Å². The number of aromatic nitrogens is 2. The van der Waals surface area contributed by atoms with Gasteiger partial charge in [-0.2, -0.15) is 0 Å². The van der Waals surface area contributed by atoms with E-state index in [1.807, 2.05) is 0 Å². The van der Waals surface area contributed by atoms with Crippen LogP contribution in [-0.2, 0) is 6.42 Å². The second-order valence-electron chi connectivity index (χ2n) is 5.51. The topological polar surface area (TPSA) is 75.1 Å². The first-order valence-electron chi connectivity index (χ1n) is 7.43. The Hall–Kier alpha value is -1.49. The van der Waals surface area contributed by atoms with Crippen molar-refractivity contribution >= 4 is 5.91 Å². The van der Waals surface area contributed by atoms with Crippen molar-refractivity contribution < 1.29 is 9.90 Å². The van der Waals surface area contributed by atoms with Crippen LogP contribution in [0.3, 0.4) is 0 Å². The van der Waals surface area contributed by atoms with Gasteiger partial charge in [-0.1, -0.05) is 20.3 Å². The number of rotatable bonds is 6. The van der Waals surface area contributed by atoms with Crippen LogP contribution in [0, 0.1) is 5.92 Å². The Kier molecular flexibility index (Phi) is 5.06. The van der Waals surface area contributed by atoms with E-state index in [-0.39, 0.29) is 18.1 Å². The van der Waals surface area contributed by atoms with Crippen LogP contribution in [-0.4, -0.2) is 33.1 Å². The molecular formula is C15H23N3O2. The highest BCUT2D eigenvalue weighted by atomic mass is 16.3. The quantitative estimate of drug-likeness (QED) is 0.830. The minimum absolute atomic E-state index is 0.0951. The lowest BCUT2D eigenvalue weighted by Gasteiger charge is -2.37. The van der Waals surface area contributed by atoms with Crippen molar-refractivity contribution in [3.63, 3.8) is 0 Å². The van der Waals surface area contributed by atoms with Gasteiger partial charge in [0, 0.05) is 12.2 Å². The van der Waals surface area contributed by atoms with Crippen molar-refractivity contribution in [3.05, 3.63) is 23.8 Å². The predicted octanol–water partition coefficient (Wildman–Crippen LogP) is 1.71. The molecule has 0 aromatic carbocycles. The van der Waals surface area contributed by atoms with Gasteiger partial charge < -0.3 is 10.4 Å². The molecule has 0 radical (unpaired) electrons. The molecule has 1 aliphatic carbocycles. The highest BCUT2D eigenvalue weighted by molar-refractivity contribution is 5.95. The number of aliphatic hydroxyl groups is 1. The summed E-state index contributed by atoms with van der Waals surface area (Å²) in [4.78, 5) is 20.5. The number of carbonyl (C=O) groups is 1. The molecule has 0 spiro atoms. The number of hydrogen-bond acceptors (Lipinski definition) is 4. The van der Waals surface area contributed by atoms with Crippen LogP contribution < -0.4 is 5.32 Å². The van der Waals surface area contributed by atoms with Crippen LogP contribution in [0.15, 0.2) is 12.5 Å². The van der Waals surface area contributed by atoms with Crippen LogP contribution >= 0.6 is 0 Å². The Morgan fingerprint density at radius 1 is 1.50 bits per heavy atom. The third-order valence-corrected chi connectivity index (χ3v) is 4.00. The monoisotopic (exact) mass is 277 g/mol. The molecule has 1 heterocycles. The fourth-order valence-corrected chi connectivity index (χ4v) is 2.74. The maximum atomic E-state index is 12.4. The number of aliphatic hydroxyl groups excluding tert-OH is 1. The molecule has 5 nitrogen and oxygen atoms in total. The Morgan fingerprint density at radius 2 is 2.25 bits per heavy atom. The molecule has 110 valence electrons. The van der Waals surface area contributed by atoms with Crippen molar-refractivity contribution in [3.8, 4) is 0 Å². The Balaban J connectivity index is 2.03. The molecule has 1 amide bonds. The first kappa shape index (κ1) is 14.9. The lowest BCUT2D eigenvalue weighted by molar-refractivity contribution is 0.0232. The fourth-order valence-electron chi connectivity index (χ4n) is 2.74. The van der Waals surface area contributed by atoms with Crippen LogP contribution in [0.5, 0.6) is 0 Å². The van der Waals surface area contributed by atoms with Gasteiger partial charge in [-0.25, -0.2) is 9.97 Å². The van der Waals surface area contributed by atoms with Crippen LogP contribution in [0.2, 0.25) is 0 Å². The molecule has 1 aromatic rings.